The fraction of sp³-hybridized carbons (Fsp3) is 0.684. The minimum absolute atomic E-state index is 0.549. The van der Waals surface area contributed by atoms with Gasteiger partial charge < -0.3 is 11.1 Å². The number of benzene rings is 1. The molecule has 4 fully saturated rings. The second kappa shape index (κ2) is 4.66. The third kappa shape index (κ3) is 2.33. The molecule has 0 spiro atoms. The maximum absolute atomic E-state index is 6.00. The van der Waals surface area contributed by atoms with Crippen molar-refractivity contribution in [1.29, 1.82) is 0 Å². The molecule has 5 rings (SSSR count). The smallest absolute Gasteiger partial charge is 0.0365 e. The highest BCUT2D eigenvalue weighted by Gasteiger charge is 2.53. The molecular weight excluding hydrogens is 256 g/mol. The average molecular weight is 284 g/mol. The molecule has 0 amide bonds. The van der Waals surface area contributed by atoms with Crippen molar-refractivity contribution in [1.82, 2.24) is 0 Å². The van der Waals surface area contributed by atoms with Crippen LogP contribution in [-0.4, -0.2) is 6.04 Å². The summed E-state index contributed by atoms with van der Waals surface area (Å²) >= 11 is 0. The van der Waals surface area contributed by atoms with Crippen LogP contribution in [0.5, 0.6) is 0 Å². The number of rotatable bonds is 3. The number of nitrogen functional groups attached to an aromatic ring is 1. The van der Waals surface area contributed by atoms with Gasteiger partial charge in [-0.05, 0) is 99.3 Å². The summed E-state index contributed by atoms with van der Waals surface area (Å²) in [6.45, 7) is 4.53. The van der Waals surface area contributed by atoms with Gasteiger partial charge in [-0.15, -0.1) is 0 Å². The van der Waals surface area contributed by atoms with Crippen molar-refractivity contribution >= 4 is 11.4 Å². The van der Waals surface area contributed by atoms with Crippen LogP contribution >= 0.6 is 0 Å². The zero-order valence-corrected chi connectivity index (χ0v) is 13.4. The van der Waals surface area contributed by atoms with Crippen LogP contribution in [0.3, 0.4) is 0 Å². The van der Waals surface area contributed by atoms with E-state index in [-0.39, 0.29) is 0 Å². The predicted molar refractivity (Wildman–Crippen MR) is 89.3 cm³/mol. The van der Waals surface area contributed by atoms with Crippen LogP contribution < -0.4 is 11.1 Å². The molecule has 2 heteroatoms. The molecule has 4 bridgehead atoms. The van der Waals surface area contributed by atoms with Gasteiger partial charge in [0.2, 0.25) is 0 Å². The Hall–Kier alpha value is -1.18. The predicted octanol–water partition coefficient (Wildman–Crippen LogP) is 4.59. The van der Waals surface area contributed by atoms with Gasteiger partial charge in [-0.1, -0.05) is 0 Å². The highest BCUT2D eigenvalue weighted by molar-refractivity contribution is 5.57. The minimum Gasteiger partial charge on any atom is -0.399 e. The van der Waals surface area contributed by atoms with E-state index in [1.54, 1.807) is 0 Å². The Morgan fingerprint density at radius 1 is 1.05 bits per heavy atom. The fourth-order valence-electron chi connectivity index (χ4n) is 6.01. The topological polar surface area (TPSA) is 38.0 Å². The fourth-order valence-corrected chi connectivity index (χ4v) is 6.01. The van der Waals surface area contributed by atoms with Gasteiger partial charge in [-0.3, -0.25) is 0 Å². The molecule has 1 atom stereocenters. The molecule has 1 aromatic carbocycles. The van der Waals surface area contributed by atoms with Crippen molar-refractivity contribution in [3.63, 3.8) is 0 Å². The molecule has 4 aliphatic carbocycles. The monoisotopic (exact) mass is 284 g/mol. The number of anilines is 2. The highest BCUT2D eigenvalue weighted by Crippen LogP contribution is 2.61. The molecule has 4 aliphatic rings. The summed E-state index contributed by atoms with van der Waals surface area (Å²) in [5, 5.41) is 3.80. The Kier molecular flexibility index (Phi) is 2.99. The Bertz CT molecular complexity index is 493. The van der Waals surface area contributed by atoms with Gasteiger partial charge in [0.25, 0.3) is 0 Å². The summed E-state index contributed by atoms with van der Waals surface area (Å²) in [4.78, 5) is 0. The zero-order valence-electron chi connectivity index (χ0n) is 13.4. The number of hydrogen-bond donors (Lipinski definition) is 2. The van der Waals surface area contributed by atoms with Crippen LogP contribution in [0.15, 0.2) is 18.2 Å². The molecular formula is C19H28N2. The quantitative estimate of drug-likeness (QED) is 0.796. The van der Waals surface area contributed by atoms with E-state index in [4.69, 9.17) is 5.73 Å². The van der Waals surface area contributed by atoms with E-state index in [9.17, 15) is 0 Å². The second-order valence-electron chi connectivity index (χ2n) is 8.28. The van der Waals surface area contributed by atoms with E-state index in [0.29, 0.717) is 11.5 Å². The highest BCUT2D eigenvalue weighted by atomic mass is 14.9. The van der Waals surface area contributed by atoms with Crippen LogP contribution in [0.1, 0.15) is 51.0 Å². The van der Waals surface area contributed by atoms with Gasteiger partial charge in [0.1, 0.15) is 0 Å². The number of nitrogens with two attached hydrogens (primary N) is 1. The third-order valence-corrected chi connectivity index (χ3v) is 6.49. The van der Waals surface area contributed by atoms with Crippen LogP contribution in [0, 0.1) is 30.1 Å². The number of aryl methyl sites for hydroxylation is 1. The lowest BCUT2D eigenvalue weighted by Gasteiger charge is -2.59. The summed E-state index contributed by atoms with van der Waals surface area (Å²) in [5.74, 6) is 3.05. The molecule has 0 radical (unpaired) electrons. The van der Waals surface area contributed by atoms with E-state index < -0.39 is 0 Å². The largest absolute Gasteiger partial charge is 0.399 e. The first kappa shape index (κ1) is 13.5. The van der Waals surface area contributed by atoms with Crippen molar-refractivity contribution in [2.24, 2.45) is 23.2 Å². The Morgan fingerprint density at radius 2 is 1.62 bits per heavy atom. The Labute approximate surface area is 128 Å². The minimum atomic E-state index is 0.549. The number of nitrogens with one attached hydrogen (secondary N) is 1. The summed E-state index contributed by atoms with van der Waals surface area (Å²) < 4.78 is 0. The lowest BCUT2D eigenvalue weighted by molar-refractivity contribution is -0.0602. The normalized spacial score (nSPS) is 38.5. The molecule has 0 aromatic heterocycles. The van der Waals surface area contributed by atoms with Gasteiger partial charge >= 0.3 is 0 Å². The maximum atomic E-state index is 6.00. The van der Waals surface area contributed by atoms with Gasteiger partial charge in [0.05, 0.1) is 0 Å². The SMILES string of the molecule is Cc1cc(N)cc(NC(C)C23CC4CC(CC(C4)C2)C3)c1. The van der Waals surface area contributed by atoms with Gasteiger partial charge in [-0.25, -0.2) is 0 Å². The molecule has 0 saturated heterocycles. The summed E-state index contributed by atoms with van der Waals surface area (Å²) in [6.07, 6.45) is 8.91. The van der Waals surface area contributed by atoms with E-state index >= 15 is 0 Å². The van der Waals surface area contributed by atoms with Crippen molar-refractivity contribution in [3.05, 3.63) is 23.8 Å². The van der Waals surface area contributed by atoms with Crippen molar-refractivity contribution in [2.75, 3.05) is 11.1 Å². The summed E-state index contributed by atoms with van der Waals surface area (Å²) in [7, 11) is 0. The van der Waals surface area contributed by atoms with E-state index in [1.807, 2.05) is 6.07 Å². The Balaban J connectivity index is 1.55. The van der Waals surface area contributed by atoms with Gasteiger partial charge in [-0.2, -0.15) is 0 Å². The first-order chi connectivity index (χ1) is 10.0. The van der Waals surface area contributed by atoms with E-state index in [1.165, 1.54) is 49.8 Å². The van der Waals surface area contributed by atoms with E-state index in [0.717, 1.165) is 23.4 Å². The van der Waals surface area contributed by atoms with Crippen LogP contribution in [0.4, 0.5) is 11.4 Å². The molecule has 114 valence electrons. The second-order valence-corrected chi connectivity index (χ2v) is 8.28. The number of hydrogen-bond acceptors (Lipinski definition) is 2. The van der Waals surface area contributed by atoms with Gasteiger partial charge in [0, 0.05) is 17.4 Å². The molecule has 0 heterocycles. The third-order valence-electron chi connectivity index (χ3n) is 6.49. The zero-order chi connectivity index (χ0) is 14.6. The maximum Gasteiger partial charge on any atom is 0.0365 e. The molecule has 1 unspecified atom stereocenters. The van der Waals surface area contributed by atoms with Crippen LogP contribution in [0.2, 0.25) is 0 Å². The standard InChI is InChI=1S/C19H28N2/c1-12-3-17(20)8-18(4-12)21-13(2)19-9-14-5-15(10-19)7-16(6-14)11-19/h3-4,8,13-16,21H,5-7,9-11,20H2,1-2H3. The molecule has 3 N–H and O–H groups in total. The van der Waals surface area contributed by atoms with Gasteiger partial charge in [0.15, 0.2) is 0 Å². The summed E-state index contributed by atoms with van der Waals surface area (Å²) in [6, 6.07) is 6.92. The van der Waals surface area contributed by atoms with Crippen molar-refractivity contribution in [2.45, 2.75) is 58.4 Å². The lowest BCUT2D eigenvalue weighted by atomic mass is 9.48. The average Bonchev–Trinajstić information content (AvgIpc) is 2.35. The van der Waals surface area contributed by atoms with Crippen molar-refractivity contribution < 1.29 is 0 Å². The summed E-state index contributed by atoms with van der Waals surface area (Å²) in [5.41, 5.74) is 9.87. The molecule has 21 heavy (non-hydrogen) atoms. The first-order valence-corrected chi connectivity index (χ1v) is 8.66. The van der Waals surface area contributed by atoms with Crippen molar-refractivity contribution in [3.8, 4) is 0 Å². The molecule has 0 aliphatic heterocycles. The molecule has 2 nitrogen and oxygen atoms in total. The molecule has 4 saturated carbocycles. The van der Waals surface area contributed by atoms with Crippen LogP contribution in [0.25, 0.3) is 0 Å². The van der Waals surface area contributed by atoms with E-state index in [2.05, 4.69) is 31.3 Å². The van der Waals surface area contributed by atoms with Crippen LogP contribution in [-0.2, 0) is 0 Å². The molecule has 1 aromatic rings. The first-order valence-electron chi connectivity index (χ1n) is 8.66. The lowest BCUT2D eigenvalue weighted by Crippen LogP contribution is -2.52. The Morgan fingerprint density at radius 3 is 2.14 bits per heavy atom.